The predicted molar refractivity (Wildman–Crippen MR) is 92.5 cm³/mol. The van der Waals surface area contributed by atoms with Gasteiger partial charge in [-0.15, -0.1) is 0 Å². The Labute approximate surface area is 144 Å². The molecule has 3 rings (SSSR count). The SMILES string of the molecule is CNC(=O)[C@H]1Cc2ccccc2CN1S(=O)(=O)N1CCCCCC1. The van der Waals surface area contributed by atoms with Crippen molar-refractivity contribution < 1.29 is 13.2 Å². The van der Waals surface area contributed by atoms with Gasteiger partial charge < -0.3 is 5.32 Å². The molecule has 0 aromatic heterocycles. The highest BCUT2D eigenvalue weighted by atomic mass is 32.2. The van der Waals surface area contributed by atoms with E-state index < -0.39 is 16.3 Å². The standard InChI is InChI=1S/C17H25N3O3S/c1-18-17(21)16-12-14-8-4-5-9-15(14)13-20(16)24(22,23)19-10-6-2-3-7-11-19/h4-5,8-9,16H,2-3,6-7,10-13H2,1H3,(H,18,21)/t16-/m1/s1. The molecule has 6 nitrogen and oxygen atoms in total. The summed E-state index contributed by atoms with van der Waals surface area (Å²) in [7, 11) is -2.09. The molecule has 1 aromatic rings. The first-order chi connectivity index (χ1) is 11.5. The van der Waals surface area contributed by atoms with E-state index in [4.69, 9.17) is 0 Å². The molecule has 0 bridgehead atoms. The summed E-state index contributed by atoms with van der Waals surface area (Å²) < 4.78 is 29.4. The number of carbonyl (C=O) groups is 1. The number of fused-ring (bicyclic) bond motifs is 1. The Morgan fingerprint density at radius 2 is 1.71 bits per heavy atom. The van der Waals surface area contributed by atoms with Gasteiger partial charge in [-0.1, -0.05) is 37.1 Å². The molecule has 1 saturated heterocycles. The zero-order chi connectivity index (χ0) is 17.2. The zero-order valence-electron chi connectivity index (χ0n) is 14.1. The van der Waals surface area contributed by atoms with Crippen LogP contribution in [0.2, 0.25) is 0 Å². The normalized spacial score (nSPS) is 23.3. The Kier molecular flexibility index (Phi) is 5.22. The van der Waals surface area contributed by atoms with Crippen LogP contribution in [0.3, 0.4) is 0 Å². The van der Waals surface area contributed by atoms with E-state index in [1.54, 1.807) is 11.4 Å². The maximum atomic E-state index is 13.2. The second-order valence-corrected chi connectivity index (χ2v) is 8.35. The lowest BCUT2D eigenvalue weighted by atomic mass is 9.95. The average molecular weight is 351 g/mol. The van der Waals surface area contributed by atoms with Gasteiger partial charge in [0, 0.05) is 26.7 Å². The van der Waals surface area contributed by atoms with E-state index in [9.17, 15) is 13.2 Å². The Balaban J connectivity index is 1.94. The molecule has 1 fully saturated rings. The van der Waals surface area contributed by atoms with Crippen LogP contribution >= 0.6 is 0 Å². The summed E-state index contributed by atoms with van der Waals surface area (Å²) in [5.41, 5.74) is 2.03. The van der Waals surface area contributed by atoms with E-state index in [1.807, 2.05) is 24.3 Å². The molecule has 1 amide bonds. The average Bonchev–Trinajstić information content (AvgIpc) is 2.89. The van der Waals surface area contributed by atoms with Crippen molar-refractivity contribution in [3.05, 3.63) is 35.4 Å². The lowest BCUT2D eigenvalue weighted by molar-refractivity contribution is -0.124. The van der Waals surface area contributed by atoms with E-state index in [0.717, 1.165) is 36.8 Å². The number of amides is 1. The summed E-state index contributed by atoms with van der Waals surface area (Å²) >= 11 is 0. The van der Waals surface area contributed by atoms with Crippen molar-refractivity contribution in [2.45, 2.75) is 44.7 Å². The largest absolute Gasteiger partial charge is 0.358 e. The quantitative estimate of drug-likeness (QED) is 0.892. The van der Waals surface area contributed by atoms with Gasteiger partial charge in [-0.05, 0) is 30.4 Å². The third-order valence-electron chi connectivity index (χ3n) is 4.94. The van der Waals surface area contributed by atoms with E-state index in [0.29, 0.717) is 19.5 Å². The minimum atomic E-state index is -3.65. The molecule has 1 atom stereocenters. The van der Waals surface area contributed by atoms with Gasteiger partial charge in [0.2, 0.25) is 5.91 Å². The molecule has 1 aromatic carbocycles. The molecular weight excluding hydrogens is 326 g/mol. The Hall–Kier alpha value is -1.44. The predicted octanol–water partition coefficient (Wildman–Crippen LogP) is 1.28. The van der Waals surface area contributed by atoms with Gasteiger partial charge in [-0.2, -0.15) is 17.0 Å². The molecule has 0 spiro atoms. The summed E-state index contributed by atoms with van der Waals surface area (Å²) in [6.07, 6.45) is 4.31. The topological polar surface area (TPSA) is 69.7 Å². The van der Waals surface area contributed by atoms with Crippen LogP contribution in [0.5, 0.6) is 0 Å². The van der Waals surface area contributed by atoms with Crippen molar-refractivity contribution in [1.29, 1.82) is 0 Å². The fourth-order valence-corrected chi connectivity index (χ4v) is 5.36. The number of nitrogens with zero attached hydrogens (tertiary/aromatic N) is 2. The van der Waals surface area contributed by atoms with Crippen LogP contribution in [0.25, 0.3) is 0 Å². The van der Waals surface area contributed by atoms with Crippen molar-refractivity contribution in [2.75, 3.05) is 20.1 Å². The fourth-order valence-electron chi connectivity index (χ4n) is 3.55. The minimum Gasteiger partial charge on any atom is -0.358 e. The molecule has 132 valence electrons. The van der Waals surface area contributed by atoms with Gasteiger partial charge in [0.05, 0.1) is 0 Å². The van der Waals surface area contributed by atoms with Crippen LogP contribution in [0.1, 0.15) is 36.8 Å². The molecular formula is C17H25N3O3S. The van der Waals surface area contributed by atoms with Crippen molar-refractivity contribution >= 4 is 16.1 Å². The summed E-state index contributed by atoms with van der Waals surface area (Å²) in [5.74, 6) is -0.247. The highest BCUT2D eigenvalue weighted by molar-refractivity contribution is 7.86. The summed E-state index contributed by atoms with van der Waals surface area (Å²) in [5, 5.41) is 2.62. The first-order valence-electron chi connectivity index (χ1n) is 8.59. The van der Waals surface area contributed by atoms with Crippen LogP contribution in [0.15, 0.2) is 24.3 Å². The monoisotopic (exact) mass is 351 g/mol. The lowest BCUT2D eigenvalue weighted by Gasteiger charge is -2.37. The van der Waals surface area contributed by atoms with Crippen molar-refractivity contribution in [3.63, 3.8) is 0 Å². The number of hydrogen-bond acceptors (Lipinski definition) is 3. The lowest BCUT2D eigenvalue weighted by Crippen LogP contribution is -2.55. The van der Waals surface area contributed by atoms with Crippen LogP contribution in [-0.4, -0.2) is 49.1 Å². The first kappa shape index (κ1) is 17.4. The maximum absolute atomic E-state index is 13.2. The van der Waals surface area contributed by atoms with E-state index in [2.05, 4.69) is 5.32 Å². The molecule has 1 N–H and O–H groups in total. The van der Waals surface area contributed by atoms with Crippen LogP contribution in [-0.2, 0) is 28.0 Å². The number of nitrogens with one attached hydrogen (secondary N) is 1. The van der Waals surface area contributed by atoms with Gasteiger partial charge in [0.1, 0.15) is 6.04 Å². The molecule has 2 aliphatic rings. The highest BCUT2D eigenvalue weighted by Gasteiger charge is 2.41. The zero-order valence-corrected chi connectivity index (χ0v) is 14.9. The number of hydrogen-bond donors (Lipinski definition) is 1. The van der Waals surface area contributed by atoms with E-state index >= 15 is 0 Å². The molecule has 7 heteroatoms. The second kappa shape index (κ2) is 7.21. The van der Waals surface area contributed by atoms with Gasteiger partial charge in [0.15, 0.2) is 0 Å². The molecule has 0 saturated carbocycles. The van der Waals surface area contributed by atoms with Gasteiger partial charge in [-0.25, -0.2) is 0 Å². The highest BCUT2D eigenvalue weighted by Crippen LogP contribution is 2.28. The van der Waals surface area contributed by atoms with E-state index in [1.165, 1.54) is 4.31 Å². The maximum Gasteiger partial charge on any atom is 0.283 e. The number of likely N-dealkylation sites (N-methyl/N-ethyl adjacent to an activating group) is 1. The molecule has 0 radical (unpaired) electrons. The van der Waals surface area contributed by atoms with Gasteiger partial charge in [0.25, 0.3) is 10.2 Å². The molecule has 0 aliphatic carbocycles. The Bertz CT molecular complexity index is 697. The van der Waals surface area contributed by atoms with Crippen molar-refractivity contribution in [2.24, 2.45) is 0 Å². The Morgan fingerprint density at radius 3 is 2.33 bits per heavy atom. The molecule has 2 heterocycles. The van der Waals surface area contributed by atoms with Crippen LogP contribution in [0, 0.1) is 0 Å². The summed E-state index contributed by atoms with van der Waals surface area (Å²) in [6, 6.07) is 7.08. The van der Waals surface area contributed by atoms with Gasteiger partial charge >= 0.3 is 0 Å². The van der Waals surface area contributed by atoms with Crippen molar-refractivity contribution in [1.82, 2.24) is 13.9 Å². The fraction of sp³-hybridized carbons (Fsp3) is 0.588. The van der Waals surface area contributed by atoms with Crippen LogP contribution in [0.4, 0.5) is 0 Å². The van der Waals surface area contributed by atoms with Crippen LogP contribution < -0.4 is 5.32 Å². The number of benzene rings is 1. The minimum absolute atomic E-state index is 0.247. The van der Waals surface area contributed by atoms with Crippen molar-refractivity contribution in [3.8, 4) is 0 Å². The molecule has 2 aliphatic heterocycles. The molecule has 24 heavy (non-hydrogen) atoms. The summed E-state index contributed by atoms with van der Waals surface area (Å²) in [6.45, 7) is 1.34. The Morgan fingerprint density at radius 1 is 1.08 bits per heavy atom. The number of carbonyl (C=O) groups excluding carboxylic acids is 1. The summed E-state index contributed by atoms with van der Waals surface area (Å²) in [4.78, 5) is 12.3. The number of rotatable bonds is 3. The van der Waals surface area contributed by atoms with Gasteiger partial charge in [-0.3, -0.25) is 4.79 Å². The first-order valence-corrected chi connectivity index (χ1v) is 9.99. The molecule has 0 unspecified atom stereocenters. The second-order valence-electron chi connectivity index (χ2n) is 6.47. The third kappa shape index (κ3) is 3.34. The van der Waals surface area contributed by atoms with E-state index in [-0.39, 0.29) is 12.5 Å². The third-order valence-corrected chi connectivity index (χ3v) is 6.94. The smallest absolute Gasteiger partial charge is 0.283 e.